The highest BCUT2D eigenvalue weighted by molar-refractivity contribution is 5.97. The zero-order valence-electron chi connectivity index (χ0n) is 12.6. The number of nitrogens with one attached hydrogen (secondary N) is 2. The Hall–Kier alpha value is -2.85. The number of aliphatic hydroxyl groups is 1. The first-order valence-electron chi connectivity index (χ1n) is 7.09. The third-order valence-electron chi connectivity index (χ3n) is 2.98. The number of aliphatic hydroxyl groups excluding tert-OH is 1. The van der Waals surface area contributed by atoms with Gasteiger partial charge in [0.05, 0.1) is 6.61 Å². The lowest BCUT2D eigenvalue weighted by Gasteiger charge is -2.05. The van der Waals surface area contributed by atoms with Crippen LogP contribution in [-0.2, 0) is 22.7 Å². The summed E-state index contributed by atoms with van der Waals surface area (Å²) in [6.07, 6.45) is 1.60. The van der Waals surface area contributed by atoms with Crippen LogP contribution in [0.15, 0.2) is 36.0 Å². The third kappa shape index (κ3) is 7.11. The molecule has 0 fully saturated rings. The van der Waals surface area contributed by atoms with Gasteiger partial charge in [-0.2, -0.15) is 5.26 Å². The van der Waals surface area contributed by atoms with Crippen LogP contribution in [-0.4, -0.2) is 28.6 Å². The van der Waals surface area contributed by atoms with Gasteiger partial charge in [0, 0.05) is 25.7 Å². The van der Waals surface area contributed by atoms with Crippen molar-refractivity contribution < 1.29 is 19.8 Å². The molecule has 1 amide bonds. The highest BCUT2D eigenvalue weighted by Crippen LogP contribution is 2.04. The molecular weight excluding hydrogens is 298 g/mol. The van der Waals surface area contributed by atoms with E-state index in [0.29, 0.717) is 13.0 Å². The number of aliphatic carboxylic acids is 1. The Morgan fingerprint density at radius 2 is 1.87 bits per heavy atom. The smallest absolute Gasteiger partial charge is 0.303 e. The molecule has 0 aliphatic rings. The molecule has 0 aliphatic carbocycles. The molecule has 0 saturated heterocycles. The first kappa shape index (κ1) is 18.2. The molecule has 7 heteroatoms. The molecule has 122 valence electrons. The maximum absolute atomic E-state index is 11.7. The molecular formula is C16H19N3O4. The minimum absolute atomic E-state index is 0.0196. The normalized spacial score (nSPS) is 10.7. The van der Waals surface area contributed by atoms with E-state index >= 15 is 0 Å². The molecule has 0 saturated carbocycles. The zero-order chi connectivity index (χ0) is 17.1. The first-order chi connectivity index (χ1) is 11.1. The number of nitrogens with zero attached hydrogens (tertiary/aromatic N) is 1. The van der Waals surface area contributed by atoms with Crippen LogP contribution in [0, 0.1) is 11.3 Å². The predicted molar refractivity (Wildman–Crippen MR) is 82.8 cm³/mol. The Labute approximate surface area is 134 Å². The molecule has 0 spiro atoms. The van der Waals surface area contributed by atoms with Gasteiger partial charge in [-0.15, -0.1) is 0 Å². The number of carboxylic acid groups (broad SMARTS) is 1. The standard InChI is InChI=1S/C16H19N3O4/c17-8-14(16(23)19-7-1-2-15(21)22)10-18-9-12-3-5-13(11-20)6-4-12/h3-6,10,18,20H,1-2,7,9,11H2,(H,19,23)(H,21,22)/b14-10-. The second-order valence-corrected chi connectivity index (χ2v) is 4.78. The molecule has 0 bridgehead atoms. The van der Waals surface area contributed by atoms with E-state index in [4.69, 9.17) is 15.5 Å². The third-order valence-corrected chi connectivity index (χ3v) is 2.98. The fourth-order valence-electron chi connectivity index (χ4n) is 1.72. The molecule has 0 unspecified atom stereocenters. The summed E-state index contributed by atoms with van der Waals surface area (Å²) in [6.45, 7) is 0.615. The van der Waals surface area contributed by atoms with E-state index in [1.807, 2.05) is 12.1 Å². The van der Waals surface area contributed by atoms with Gasteiger partial charge in [-0.1, -0.05) is 24.3 Å². The van der Waals surface area contributed by atoms with Gasteiger partial charge in [0.25, 0.3) is 5.91 Å². The Morgan fingerprint density at radius 1 is 1.22 bits per heavy atom. The van der Waals surface area contributed by atoms with Crippen molar-refractivity contribution in [1.82, 2.24) is 10.6 Å². The van der Waals surface area contributed by atoms with E-state index in [1.165, 1.54) is 6.20 Å². The van der Waals surface area contributed by atoms with Crippen molar-refractivity contribution in [3.05, 3.63) is 47.2 Å². The van der Waals surface area contributed by atoms with Crippen molar-refractivity contribution in [3.8, 4) is 6.07 Å². The molecule has 0 radical (unpaired) electrons. The van der Waals surface area contributed by atoms with Crippen molar-refractivity contribution >= 4 is 11.9 Å². The van der Waals surface area contributed by atoms with E-state index in [2.05, 4.69) is 10.6 Å². The van der Waals surface area contributed by atoms with Crippen LogP contribution in [0.4, 0.5) is 0 Å². The summed E-state index contributed by atoms with van der Waals surface area (Å²) in [5, 5.41) is 31.8. The Kier molecular flexibility index (Phi) is 7.89. The average molecular weight is 317 g/mol. The summed E-state index contributed by atoms with van der Waals surface area (Å²) in [5.74, 6) is -1.47. The minimum atomic E-state index is -0.927. The number of carboxylic acids is 1. The first-order valence-corrected chi connectivity index (χ1v) is 7.09. The van der Waals surface area contributed by atoms with Crippen LogP contribution in [0.1, 0.15) is 24.0 Å². The average Bonchev–Trinajstić information content (AvgIpc) is 2.55. The highest BCUT2D eigenvalue weighted by atomic mass is 16.4. The summed E-state index contributed by atoms with van der Waals surface area (Å²) < 4.78 is 0. The summed E-state index contributed by atoms with van der Waals surface area (Å²) in [6, 6.07) is 9.05. The fraction of sp³-hybridized carbons (Fsp3) is 0.312. The topological polar surface area (TPSA) is 122 Å². The summed E-state index contributed by atoms with van der Waals surface area (Å²) >= 11 is 0. The number of nitriles is 1. The van der Waals surface area contributed by atoms with Crippen molar-refractivity contribution in [2.75, 3.05) is 6.54 Å². The molecule has 1 rings (SSSR count). The van der Waals surface area contributed by atoms with Gasteiger partial charge in [-0.05, 0) is 17.5 Å². The van der Waals surface area contributed by atoms with E-state index in [9.17, 15) is 9.59 Å². The van der Waals surface area contributed by atoms with Gasteiger partial charge in [-0.25, -0.2) is 0 Å². The maximum Gasteiger partial charge on any atom is 0.303 e. The summed E-state index contributed by atoms with van der Waals surface area (Å²) in [4.78, 5) is 22.1. The predicted octanol–water partition coefficient (Wildman–Crippen LogP) is 0.657. The Morgan fingerprint density at radius 3 is 2.43 bits per heavy atom. The van der Waals surface area contributed by atoms with E-state index < -0.39 is 11.9 Å². The van der Waals surface area contributed by atoms with Crippen LogP contribution in [0.3, 0.4) is 0 Å². The number of amides is 1. The van der Waals surface area contributed by atoms with Crippen molar-refractivity contribution in [3.63, 3.8) is 0 Å². The molecule has 7 nitrogen and oxygen atoms in total. The van der Waals surface area contributed by atoms with Crippen LogP contribution >= 0.6 is 0 Å². The molecule has 4 N–H and O–H groups in total. The van der Waals surface area contributed by atoms with Crippen LogP contribution < -0.4 is 10.6 Å². The van der Waals surface area contributed by atoms with Gasteiger partial charge in [0.2, 0.25) is 0 Å². The molecule has 1 aromatic rings. The van der Waals surface area contributed by atoms with Crippen LogP contribution in [0.5, 0.6) is 0 Å². The maximum atomic E-state index is 11.7. The van der Waals surface area contributed by atoms with Crippen molar-refractivity contribution in [2.45, 2.75) is 26.0 Å². The summed E-state index contributed by atoms with van der Waals surface area (Å²) in [7, 11) is 0. The zero-order valence-corrected chi connectivity index (χ0v) is 12.6. The Balaban J connectivity index is 2.43. The van der Waals surface area contributed by atoms with Gasteiger partial charge in [-0.3, -0.25) is 9.59 Å². The SMILES string of the molecule is N#C/C(=C/NCc1ccc(CO)cc1)C(=O)NCCCC(=O)O. The van der Waals surface area contributed by atoms with Gasteiger partial charge in [0.15, 0.2) is 0 Å². The van der Waals surface area contributed by atoms with E-state index in [0.717, 1.165) is 11.1 Å². The van der Waals surface area contributed by atoms with Crippen LogP contribution in [0.25, 0.3) is 0 Å². The monoisotopic (exact) mass is 317 g/mol. The van der Waals surface area contributed by atoms with E-state index in [1.54, 1.807) is 18.2 Å². The van der Waals surface area contributed by atoms with Crippen molar-refractivity contribution in [2.24, 2.45) is 0 Å². The number of rotatable bonds is 9. The second kappa shape index (κ2) is 9.97. The molecule has 23 heavy (non-hydrogen) atoms. The molecule has 0 heterocycles. The number of hydrogen-bond donors (Lipinski definition) is 4. The molecule has 0 aliphatic heterocycles. The molecule has 1 aromatic carbocycles. The van der Waals surface area contributed by atoms with Crippen molar-refractivity contribution in [1.29, 1.82) is 5.26 Å². The van der Waals surface area contributed by atoms with Gasteiger partial charge >= 0.3 is 5.97 Å². The largest absolute Gasteiger partial charge is 0.481 e. The highest BCUT2D eigenvalue weighted by Gasteiger charge is 2.08. The molecule has 0 atom stereocenters. The quantitative estimate of drug-likeness (QED) is 0.301. The van der Waals surface area contributed by atoms with E-state index in [-0.39, 0.29) is 25.1 Å². The number of carbonyl (C=O) groups excluding carboxylic acids is 1. The fourth-order valence-corrected chi connectivity index (χ4v) is 1.72. The van der Waals surface area contributed by atoms with Gasteiger partial charge < -0.3 is 20.8 Å². The lowest BCUT2D eigenvalue weighted by Crippen LogP contribution is -2.27. The second-order valence-electron chi connectivity index (χ2n) is 4.78. The van der Waals surface area contributed by atoms with Gasteiger partial charge in [0.1, 0.15) is 11.6 Å². The number of carbonyl (C=O) groups is 2. The summed E-state index contributed by atoms with van der Waals surface area (Å²) in [5.41, 5.74) is 1.67. The number of benzene rings is 1. The van der Waals surface area contributed by atoms with Crippen LogP contribution in [0.2, 0.25) is 0 Å². The minimum Gasteiger partial charge on any atom is -0.481 e. The Bertz CT molecular complexity index is 603. The number of hydrogen-bond acceptors (Lipinski definition) is 5. The lowest BCUT2D eigenvalue weighted by molar-refractivity contribution is -0.137. The lowest BCUT2D eigenvalue weighted by atomic mass is 10.1. The molecule has 0 aromatic heterocycles.